The molecule has 1 aliphatic heterocycles. The molecule has 0 saturated carbocycles. The highest BCUT2D eigenvalue weighted by atomic mass is 16.5. The average molecular weight is 279 g/mol. The van der Waals surface area contributed by atoms with Crippen LogP contribution < -0.4 is 9.64 Å². The first kappa shape index (κ1) is 14.3. The number of aliphatic hydroxyl groups excluding tert-OH is 1. The highest BCUT2D eigenvalue weighted by Crippen LogP contribution is 2.34. The molecule has 0 fully saturated rings. The van der Waals surface area contributed by atoms with Gasteiger partial charge in [-0.05, 0) is 31.5 Å². The number of aliphatic hydroxyl groups is 1. The SMILES string of the molecule is CCOC(=O)CN1C(=O)C(C)Oc2cc(CO)ccc21. The minimum Gasteiger partial charge on any atom is -0.479 e. The lowest BCUT2D eigenvalue weighted by Gasteiger charge is -2.32. The molecule has 0 aromatic heterocycles. The minimum atomic E-state index is -0.675. The van der Waals surface area contributed by atoms with Crippen LogP contribution in [0, 0.1) is 0 Å². The predicted molar refractivity (Wildman–Crippen MR) is 71.4 cm³/mol. The zero-order chi connectivity index (χ0) is 14.7. The van der Waals surface area contributed by atoms with Gasteiger partial charge in [-0.25, -0.2) is 0 Å². The zero-order valence-electron chi connectivity index (χ0n) is 11.5. The molecule has 1 atom stereocenters. The number of fused-ring (bicyclic) bond motifs is 1. The summed E-state index contributed by atoms with van der Waals surface area (Å²) in [4.78, 5) is 25.1. The first-order valence-corrected chi connectivity index (χ1v) is 6.44. The number of benzene rings is 1. The number of anilines is 1. The van der Waals surface area contributed by atoms with Gasteiger partial charge in [0.25, 0.3) is 5.91 Å². The summed E-state index contributed by atoms with van der Waals surface area (Å²) in [5.74, 6) is -0.276. The second-order valence-electron chi connectivity index (χ2n) is 4.45. The van der Waals surface area contributed by atoms with Crippen molar-refractivity contribution < 1.29 is 24.2 Å². The van der Waals surface area contributed by atoms with Crippen molar-refractivity contribution in [3.05, 3.63) is 23.8 Å². The molecule has 6 heteroatoms. The number of ether oxygens (including phenoxy) is 2. The molecule has 0 aliphatic carbocycles. The van der Waals surface area contributed by atoms with Crippen molar-refractivity contribution in [1.29, 1.82) is 0 Å². The Labute approximate surface area is 116 Å². The van der Waals surface area contributed by atoms with Crippen LogP contribution in [-0.4, -0.2) is 36.2 Å². The summed E-state index contributed by atoms with van der Waals surface area (Å²) in [6.07, 6.45) is -0.675. The molecular weight excluding hydrogens is 262 g/mol. The van der Waals surface area contributed by atoms with E-state index in [0.29, 0.717) is 17.0 Å². The van der Waals surface area contributed by atoms with Crippen molar-refractivity contribution in [2.75, 3.05) is 18.1 Å². The Morgan fingerprint density at radius 3 is 2.90 bits per heavy atom. The molecule has 0 spiro atoms. The van der Waals surface area contributed by atoms with E-state index < -0.39 is 12.1 Å². The standard InChI is InChI=1S/C14H17NO5/c1-3-19-13(17)7-15-11-5-4-10(8-16)6-12(11)20-9(2)14(15)18/h4-6,9,16H,3,7-8H2,1-2H3. The molecule has 1 aliphatic rings. The summed E-state index contributed by atoms with van der Waals surface area (Å²) in [6, 6.07) is 5.00. The van der Waals surface area contributed by atoms with Crippen molar-refractivity contribution >= 4 is 17.6 Å². The van der Waals surface area contributed by atoms with Gasteiger partial charge in [-0.15, -0.1) is 0 Å². The number of nitrogens with zero attached hydrogens (tertiary/aromatic N) is 1. The molecule has 2 rings (SSSR count). The summed E-state index contributed by atoms with van der Waals surface area (Å²) >= 11 is 0. The molecule has 1 aromatic carbocycles. The number of hydrogen-bond donors (Lipinski definition) is 1. The second-order valence-corrected chi connectivity index (χ2v) is 4.45. The number of hydrogen-bond acceptors (Lipinski definition) is 5. The van der Waals surface area contributed by atoms with Crippen molar-refractivity contribution in [2.45, 2.75) is 26.6 Å². The quantitative estimate of drug-likeness (QED) is 0.827. The smallest absolute Gasteiger partial charge is 0.326 e. The van der Waals surface area contributed by atoms with E-state index >= 15 is 0 Å². The van der Waals surface area contributed by atoms with Crippen LogP contribution in [0.15, 0.2) is 18.2 Å². The second kappa shape index (κ2) is 5.92. The normalized spacial score (nSPS) is 17.4. The molecule has 6 nitrogen and oxygen atoms in total. The third-order valence-corrected chi connectivity index (χ3v) is 3.01. The van der Waals surface area contributed by atoms with E-state index in [1.165, 1.54) is 4.90 Å². The Morgan fingerprint density at radius 2 is 2.25 bits per heavy atom. The molecule has 0 radical (unpaired) electrons. The van der Waals surface area contributed by atoms with Crippen LogP contribution in [0.2, 0.25) is 0 Å². The van der Waals surface area contributed by atoms with E-state index in [1.807, 2.05) is 0 Å². The fraction of sp³-hybridized carbons (Fsp3) is 0.429. The van der Waals surface area contributed by atoms with Gasteiger partial charge in [-0.2, -0.15) is 0 Å². The van der Waals surface area contributed by atoms with Gasteiger partial charge in [-0.1, -0.05) is 6.07 Å². The maximum Gasteiger partial charge on any atom is 0.326 e. The van der Waals surface area contributed by atoms with Gasteiger partial charge in [0.15, 0.2) is 6.10 Å². The third-order valence-electron chi connectivity index (χ3n) is 3.01. The topological polar surface area (TPSA) is 76.1 Å². The van der Waals surface area contributed by atoms with Crippen LogP contribution in [0.25, 0.3) is 0 Å². The largest absolute Gasteiger partial charge is 0.479 e. The highest BCUT2D eigenvalue weighted by molar-refractivity contribution is 6.03. The predicted octanol–water partition coefficient (Wildman–Crippen LogP) is 0.856. The molecule has 1 N–H and O–H groups in total. The van der Waals surface area contributed by atoms with Gasteiger partial charge < -0.3 is 14.6 Å². The molecule has 1 amide bonds. The first-order valence-electron chi connectivity index (χ1n) is 6.44. The monoisotopic (exact) mass is 279 g/mol. The van der Waals surface area contributed by atoms with Crippen molar-refractivity contribution in [2.24, 2.45) is 0 Å². The van der Waals surface area contributed by atoms with Gasteiger partial charge >= 0.3 is 5.97 Å². The Kier molecular flexibility index (Phi) is 4.24. The number of amides is 1. The molecule has 0 saturated heterocycles. The number of carbonyl (C=O) groups is 2. The van der Waals surface area contributed by atoms with E-state index in [2.05, 4.69) is 0 Å². The third kappa shape index (κ3) is 2.75. The summed E-state index contributed by atoms with van der Waals surface area (Å²) in [5.41, 5.74) is 1.19. The van der Waals surface area contributed by atoms with Crippen molar-refractivity contribution in [1.82, 2.24) is 0 Å². The fourth-order valence-corrected chi connectivity index (χ4v) is 2.05. The molecule has 0 bridgehead atoms. The first-order chi connectivity index (χ1) is 9.56. The summed E-state index contributed by atoms with van der Waals surface area (Å²) in [7, 11) is 0. The van der Waals surface area contributed by atoms with E-state index in [1.54, 1.807) is 32.0 Å². The lowest BCUT2D eigenvalue weighted by Crippen LogP contribution is -2.47. The molecule has 1 aromatic rings. The molecule has 1 unspecified atom stereocenters. The lowest BCUT2D eigenvalue weighted by atomic mass is 10.1. The van der Waals surface area contributed by atoms with Gasteiger partial charge in [0.2, 0.25) is 0 Å². The van der Waals surface area contributed by atoms with E-state index in [9.17, 15) is 9.59 Å². The zero-order valence-corrected chi connectivity index (χ0v) is 11.5. The van der Waals surface area contributed by atoms with Crippen LogP contribution in [0.4, 0.5) is 5.69 Å². The lowest BCUT2D eigenvalue weighted by molar-refractivity contribution is -0.143. The van der Waals surface area contributed by atoms with Gasteiger partial charge in [0.05, 0.1) is 18.9 Å². The maximum atomic E-state index is 12.1. The molecule has 20 heavy (non-hydrogen) atoms. The Bertz CT molecular complexity index is 528. The number of carbonyl (C=O) groups excluding carboxylic acids is 2. The molecular formula is C14H17NO5. The van der Waals surface area contributed by atoms with Crippen molar-refractivity contribution in [3.8, 4) is 5.75 Å². The van der Waals surface area contributed by atoms with Crippen LogP contribution >= 0.6 is 0 Å². The van der Waals surface area contributed by atoms with Crippen LogP contribution in [0.5, 0.6) is 5.75 Å². The van der Waals surface area contributed by atoms with E-state index in [-0.39, 0.29) is 25.7 Å². The summed E-state index contributed by atoms with van der Waals surface area (Å²) in [5, 5.41) is 9.13. The van der Waals surface area contributed by atoms with E-state index in [0.717, 1.165) is 0 Å². The molecule has 108 valence electrons. The highest BCUT2D eigenvalue weighted by Gasteiger charge is 2.33. The van der Waals surface area contributed by atoms with Gasteiger partial charge in [0.1, 0.15) is 12.3 Å². The van der Waals surface area contributed by atoms with Crippen LogP contribution in [0.3, 0.4) is 0 Å². The fourth-order valence-electron chi connectivity index (χ4n) is 2.05. The Hall–Kier alpha value is -2.08. The Balaban J connectivity index is 2.32. The number of rotatable bonds is 4. The summed E-state index contributed by atoms with van der Waals surface area (Å²) in [6.45, 7) is 3.34. The summed E-state index contributed by atoms with van der Waals surface area (Å²) < 4.78 is 10.4. The van der Waals surface area contributed by atoms with Crippen molar-refractivity contribution in [3.63, 3.8) is 0 Å². The Morgan fingerprint density at radius 1 is 1.50 bits per heavy atom. The minimum absolute atomic E-state index is 0.114. The van der Waals surface area contributed by atoms with Gasteiger partial charge in [0, 0.05) is 0 Å². The van der Waals surface area contributed by atoms with Crippen LogP contribution in [0.1, 0.15) is 19.4 Å². The van der Waals surface area contributed by atoms with Crippen LogP contribution in [-0.2, 0) is 20.9 Å². The van der Waals surface area contributed by atoms with Gasteiger partial charge in [-0.3, -0.25) is 14.5 Å². The molecule has 1 heterocycles. The number of esters is 1. The van der Waals surface area contributed by atoms with E-state index in [4.69, 9.17) is 14.6 Å². The average Bonchev–Trinajstić information content (AvgIpc) is 2.43. The maximum absolute atomic E-state index is 12.1.